The molecule has 1 aromatic carbocycles. The number of pyridine rings is 1. The lowest BCUT2D eigenvalue weighted by atomic mass is 10.0. The Kier molecular flexibility index (Phi) is 4.33. The minimum atomic E-state index is -4.71. The third-order valence-corrected chi connectivity index (χ3v) is 3.41. The highest BCUT2D eigenvalue weighted by molar-refractivity contribution is 6.41. The second-order valence-corrected chi connectivity index (χ2v) is 5.22. The summed E-state index contributed by atoms with van der Waals surface area (Å²) in [5.74, 6) is 0. The Balaban J connectivity index is 2.71. The van der Waals surface area contributed by atoms with E-state index in [2.05, 4.69) is 4.98 Å². The van der Waals surface area contributed by atoms with Crippen LogP contribution in [0.25, 0.3) is 11.1 Å². The van der Waals surface area contributed by atoms with Gasteiger partial charge >= 0.3 is 6.18 Å². The van der Waals surface area contributed by atoms with E-state index in [9.17, 15) is 13.2 Å². The Hall–Kier alpha value is -1.48. The van der Waals surface area contributed by atoms with Gasteiger partial charge in [-0.1, -0.05) is 34.8 Å². The van der Waals surface area contributed by atoms with E-state index in [4.69, 9.17) is 40.1 Å². The van der Waals surface area contributed by atoms with Gasteiger partial charge in [0.2, 0.25) is 0 Å². The molecule has 0 amide bonds. The van der Waals surface area contributed by atoms with Crippen molar-refractivity contribution in [2.24, 2.45) is 0 Å². The van der Waals surface area contributed by atoms with E-state index >= 15 is 0 Å². The van der Waals surface area contributed by atoms with Crippen molar-refractivity contribution in [1.29, 1.82) is 5.26 Å². The second kappa shape index (κ2) is 5.72. The van der Waals surface area contributed by atoms with Crippen LogP contribution in [0.2, 0.25) is 15.1 Å². The summed E-state index contributed by atoms with van der Waals surface area (Å²) in [6.45, 7) is 0. The summed E-state index contributed by atoms with van der Waals surface area (Å²) in [7, 11) is 0. The number of rotatable bonds is 1. The van der Waals surface area contributed by atoms with E-state index in [-0.39, 0.29) is 26.2 Å². The first-order valence-corrected chi connectivity index (χ1v) is 6.49. The molecule has 1 aromatic heterocycles. The molecule has 0 aliphatic rings. The first-order valence-electron chi connectivity index (χ1n) is 5.36. The SMILES string of the molecule is N#Cc1ncc(-c2c(Cl)cc(Cl)cc2Cl)cc1C(F)(F)F. The Morgan fingerprint density at radius 3 is 2.10 bits per heavy atom. The zero-order chi connectivity index (χ0) is 15.8. The molecule has 0 aliphatic heterocycles. The summed E-state index contributed by atoms with van der Waals surface area (Å²) in [6, 6.07) is 4.90. The molecule has 2 nitrogen and oxygen atoms in total. The molecular weight excluding hydrogens is 348 g/mol. The van der Waals surface area contributed by atoms with Crippen molar-refractivity contribution in [3.8, 4) is 17.2 Å². The third kappa shape index (κ3) is 3.24. The maximum absolute atomic E-state index is 12.9. The van der Waals surface area contributed by atoms with Crippen LogP contribution in [0.15, 0.2) is 24.4 Å². The molecule has 0 aliphatic carbocycles. The first-order chi connectivity index (χ1) is 9.74. The van der Waals surface area contributed by atoms with Crippen LogP contribution in [0.5, 0.6) is 0 Å². The number of benzene rings is 1. The van der Waals surface area contributed by atoms with Gasteiger partial charge in [-0.2, -0.15) is 18.4 Å². The van der Waals surface area contributed by atoms with E-state index in [1.54, 1.807) is 0 Å². The van der Waals surface area contributed by atoms with Crippen LogP contribution in [0.1, 0.15) is 11.3 Å². The molecule has 0 atom stereocenters. The summed E-state index contributed by atoms with van der Waals surface area (Å²) in [4.78, 5) is 3.51. The molecule has 0 saturated heterocycles. The predicted octanol–water partition coefficient (Wildman–Crippen LogP) is 5.60. The van der Waals surface area contributed by atoms with Gasteiger partial charge in [0.1, 0.15) is 6.07 Å². The number of halogens is 6. The van der Waals surface area contributed by atoms with Crippen molar-refractivity contribution in [2.45, 2.75) is 6.18 Å². The van der Waals surface area contributed by atoms with Gasteiger partial charge in [-0.3, -0.25) is 0 Å². The largest absolute Gasteiger partial charge is 0.419 e. The maximum Gasteiger partial charge on any atom is 0.419 e. The molecule has 2 rings (SSSR count). The van der Waals surface area contributed by atoms with Crippen molar-refractivity contribution < 1.29 is 13.2 Å². The smallest absolute Gasteiger partial charge is 0.244 e. The molecule has 2 aromatic rings. The minimum absolute atomic E-state index is 0.0491. The average Bonchev–Trinajstić information content (AvgIpc) is 2.36. The van der Waals surface area contributed by atoms with Crippen LogP contribution in [0.4, 0.5) is 13.2 Å². The molecular formula is C13H4Cl3F3N2. The fourth-order valence-corrected chi connectivity index (χ4v) is 2.76. The molecule has 0 fully saturated rings. The van der Waals surface area contributed by atoms with Gasteiger partial charge in [-0.15, -0.1) is 0 Å². The van der Waals surface area contributed by atoms with Gasteiger partial charge in [0.15, 0.2) is 5.69 Å². The number of aromatic nitrogens is 1. The topological polar surface area (TPSA) is 36.7 Å². The summed E-state index contributed by atoms with van der Waals surface area (Å²) < 4.78 is 38.8. The van der Waals surface area contributed by atoms with Crippen molar-refractivity contribution in [3.63, 3.8) is 0 Å². The van der Waals surface area contributed by atoms with E-state index in [0.29, 0.717) is 0 Å². The van der Waals surface area contributed by atoms with Crippen LogP contribution in [0, 0.1) is 11.3 Å². The lowest BCUT2D eigenvalue weighted by Gasteiger charge is -2.12. The van der Waals surface area contributed by atoms with Crippen molar-refractivity contribution >= 4 is 34.8 Å². The molecule has 0 unspecified atom stereocenters. The lowest BCUT2D eigenvalue weighted by Crippen LogP contribution is -2.09. The predicted molar refractivity (Wildman–Crippen MR) is 74.4 cm³/mol. The molecule has 21 heavy (non-hydrogen) atoms. The molecule has 0 spiro atoms. The molecule has 0 saturated carbocycles. The minimum Gasteiger partial charge on any atom is -0.244 e. The summed E-state index contributed by atoms with van der Waals surface area (Å²) >= 11 is 17.7. The van der Waals surface area contributed by atoms with Gasteiger partial charge in [-0.05, 0) is 18.2 Å². The quantitative estimate of drug-likeness (QED) is 0.670. The highest BCUT2D eigenvalue weighted by atomic mass is 35.5. The summed E-state index contributed by atoms with van der Waals surface area (Å²) in [6.07, 6.45) is -3.60. The van der Waals surface area contributed by atoms with Gasteiger partial charge < -0.3 is 0 Å². The van der Waals surface area contributed by atoms with Crippen LogP contribution in [-0.2, 0) is 6.18 Å². The summed E-state index contributed by atoms with van der Waals surface area (Å²) in [5, 5.41) is 9.14. The van der Waals surface area contributed by atoms with Gasteiger partial charge in [0.05, 0.1) is 15.6 Å². The van der Waals surface area contributed by atoms with Gasteiger partial charge in [0.25, 0.3) is 0 Å². The van der Waals surface area contributed by atoms with Crippen LogP contribution >= 0.6 is 34.8 Å². The molecule has 1 heterocycles. The fourth-order valence-electron chi connectivity index (χ4n) is 1.72. The molecule has 108 valence electrons. The maximum atomic E-state index is 12.9. The molecule has 0 radical (unpaired) electrons. The molecule has 8 heteroatoms. The number of nitriles is 1. The van der Waals surface area contributed by atoms with Crippen molar-refractivity contribution in [1.82, 2.24) is 4.98 Å². The highest BCUT2D eigenvalue weighted by Gasteiger charge is 2.35. The average molecular weight is 352 g/mol. The van der Waals surface area contributed by atoms with E-state index in [1.807, 2.05) is 0 Å². The van der Waals surface area contributed by atoms with E-state index < -0.39 is 17.4 Å². The normalized spacial score (nSPS) is 11.3. The van der Waals surface area contributed by atoms with Crippen molar-refractivity contribution in [3.05, 3.63) is 50.7 Å². The van der Waals surface area contributed by atoms with Gasteiger partial charge in [0, 0.05) is 22.3 Å². The van der Waals surface area contributed by atoms with Crippen molar-refractivity contribution in [2.75, 3.05) is 0 Å². The Morgan fingerprint density at radius 1 is 1.05 bits per heavy atom. The zero-order valence-electron chi connectivity index (χ0n) is 9.97. The zero-order valence-corrected chi connectivity index (χ0v) is 12.2. The lowest BCUT2D eigenvalue weighted by molar-refractivity contribution is -0.138. The van der Waals surface area contributed by atoms with E-state index in [1.165, 1.54) is 18.2 Å². The molecule has 0 N–H and O–H groups in total. The van der Waals surface area contributed by atoms with E-state index in [0.717, 1.165) is 12.3 Å². The second-order valence-electron chi connectivity index (χ2n) is 3.97. The monoisotopic (exact) mass is 350 g/mol. The van der Waals surface area contributed by atoms with Crippen LogP contribution in [-0.4, -0.2) is 4.98 Å². The Morgan fingerprint density at radius 2 is 1.62 bits per heavy atom. The summed E-state index contributed by atoms with van der Waals surface area (Å²) in [5.41, 5.74) is -1.64. The van der Waals surface area contributed by atoms with Crippen LogP contribution < -0.4 is 0 Å². The standard InChI is InChI=1S/C13H4Cl3F3N2/c14-7-2-9(15)12(10(16)3-7)6-1-8(13(17,18)19)11(4-20)21-5-6/h1-3,5H. The molecule has 0 bridgehead atoms. The van der Waals surface area contributed by atoms with Gasteiger partial charge in [-0.25, -0.2) is 4.98 Å². The third-order valence-electron chi connectivity index (χ3n) is 2.59. The first kappa shape index (κ1) is 15.9. The Bertz CT molecular complexity index is 728. The number of hydrogen-bond donors (Lipinski definition) is 0. The number of alkyl halides is 3. The van der Waals surface area contributed by atoms with Crippen LogP contribution in [0.3, 0.4) is 0 Å². The Labute approximate surface area is 132 Å². The fraction of sp³-hybridized carbons (Fsp3) is 0.0769. The highest BCUT2D eigenvalue weighted by Crippen LogP contribution is 2.39. The number of hydrogen-bond acceptors (Lipinski definition) is 2. The number of nitrogens with zero attached hydrogens (tertiary/aromatic N) is 2.